The average Bonchev–Trinajstić information content (AvgIpc) is 3.72. The topological polar surface area (TPSA) is 154 Å². The molecular formula is C41H53Br2ClN6O6. The second-order valence-electron chi connectivity index (χ2n) is 17.3. The zero-order valence-electron chi connectivity index (χ0n) is 33.6. The third-order valence-electron chi connectivity index (χ3n) is 9.37. The van der Waals surface area contributed by atoms with Gasteiger partial charge in [0.25, 0.3) is 11.8 Å². The van der Waals surface area contributed by atoms with Crippen molar-refractivity contribution >= 4 is 61.9 Å². The lowest BCUT2D eigenvalue weighted by atomic mass is 9.88. The fraction of sp³-hybridized carbons (Fsp3) is 0.537. The summed E-state index contributed by atoms with van der Waals surface area (Å²) in [5.74, 6) is 1.07. The molecule has 1 N–H and O–H groups in total. The molecule has 0 saturated carbocycles. The van der Waals surface area contributed by atoms with E-state index in [2.05, 4.69) is 69.6 Å². The summed E-state index contributed by atoms with van der Waals surface area (Å²) in [6.07, 6.45) is 1.84. The first-order valence-corrected chi connectivity index (χ1v) is 20.3. The van der Waals surface area contributed by atoms with E-state index >= 15 is 0 Å². The first-order valence-electron chi connectivity index (χ1n) is 18.7. The number of hydrogen-bond donors (Lipinski definition) is 1. The van der Waals surface area contributed by atoms with Crippen LogP contribution in [0, 0.1) is 0 Å². The summed E-state index contributed by atoms with van der Waals surface area (Å²) in [6.45, 7) is 20.1. The molecule has 0 unspecified atom stereocenters. The van der Waals surface area contributed by atoms with Crippen molar-refractivity contribution in [3.8, 4) is 0 Å². The van der Waals surface area contributed by atoms with Crippen LogP contribution in [0.1, 0.15) is 155 Å². The van der Waals surface area contributed by atoms with Gasteiger partial charge in [-0.1, -0.05) is 95.8 Å². The minimum absolute atomic E-state index is 0. The molecule has 2 atom stereocenters. The average molecular weight is 921 g/mol. The second kappa shape index (κ2) is 18.4. The molecule has 6 rings (SSSR count). The number of benzene rings is 2. The van der Waals surface area contributed by atoms with Crippen molar-refractivity contribution in [2.45, 2.75) is 129 Å². The van der Waals surface area contributed by atoms with Crippen LogP contribution in [0.5, 0.6) is 0 Å². The summed E-state index contributed by atoms with van der Waals surface area (Å²) in [6, 6.07) is 12.2. The molecular weight excluding hydrogens is 868 g/mol. The molecule has 2 aliphatic rings. The smallest absolute Gasteiger partial charge is 0.410 e. The van der Waals surface area contributed by atoms with Gasteiger partial charge in [0, 0.05) is 52.3 Å². The molecule has 0 aliphatic carbocycles. The number of halogens is 3. The first kappa shape index (κ1) is 45.2. The number of aromatic nitrogens is 4. The van der Waals surface area contributed by atoms with Crippen molar-refractivity contribution in [3.63, 3.8) is 0 Å². The van der Waals surface area contributed by atoms with Crippen LogP contribution in [0.3, 0.4) is 0 Å². The third-order valence-corrected chi connectivity index (χ3v) is 10.4. The Morgan fingerprint density at radius 3 is 1.73 bits per heavy atom. The molecule has 0 spiro atoms. The molecule has 2 aliphatic heterocycles. The van der Waals surface area contributed by atoms with E-state index < -0.39 is 5.60 Å². The molecule has 4 heterocycles. The maximum Gasteiger partial charge on any atom is 0.410 e. The Morgan fingerprint density at radius 2 is 1.25 bits per heavy atom. The van der Waals surface area contributed by atoms with Gasteiger partial charge in [0.15, 0.2) is 11.6 Å². The van der Waals surface area contributed by atoms with E-state index in [-0.39, 0.29) is 70.9 Å². The maximum absolute atomic E-state index is 12.9. The molecule has 0 saturated heterocycles. The molecule has 0 radical (unpaired) electrons. The van der Waals surface area contributed by atoms with E-state index in [1.807, 2.05) is 86.6 Å². The van der Waals surface area contributed by atoms with Crippen LogP contribution in [0.4, 0.5) is 4.79 Å². The van der Waals surface area contributed by atoms with Crippen LogP contribution in [-0.4, -0.2) is 61.5 Å². The SMILES string of the molecule is CC(C)(C)OC(=O)N1CC[C@@H](CC(=O)c2nc(C(C)(C)C)no2)c2ccc(Br)cc2C1.CC(C)(C)c1noc(C(=O)C[C@@H]2CCNCc3cc(Br)ccc32)n1.Cl. The number of amides is 1. The zero-order chi connectivity index (χ0) is 40.3. The Kier molecular flexibility index (Phi) is 14.9. The van der Waals surface area contributed by atoms with Crippen LogP contribution in [0.2, 0.25) is 0 Å². The van der Waals surface area contributed by atoms with Gasteiger partial charge in [-0.25, -0.2) is 4.79 Å². The highest BCUT2D eigenvalue weighted by atomic mass is 79.9. The number of nitrogens with zero attached hydrogens (tertiary/aromatic N) is 5. The lowest BCUT2D eigenvalue weighted by Gasteiger charge is -2.26. The lowest BCUT2D eigenvalue weighted by Crippen LogP contribution is -2.36. The number of ketones is 2. The summed E-state index contributed by atoms with van der Waals surface area (Å²) in [5.41, 5.74) is 3.42. The van der Waals surface area contributed by atoms with Crippen molar-refractivity contribution in [2.24, 2.45) is 0 Å². The lowest BCUT2D eigenvalue weighted by molar-refractivity contribution is 0.0234. The summed E-state index contributed by atoms with van der Waals surface area (Å²) >= 11 is 7.03. The van der Waals surface area contributed by atoms with Crippen LogP contribution in [0.25, 0.3) is 0 Å². The Labute approximate surface area is 352 Å². The van der Waals surface area contributed by atoms with Crippen molar-refractivity contribution in [1.29, 1.82) is 0 Å². The minimum atomic E-state index is -0.568. The molecule has 304 valence electrons. The minimum Gasteiger partial charge on any atom is -0.444 e. The Balaban J connectivity index is 0.000000252. The summed E-state index contributed by atoms with van der Waals surface area (Å²) < 4.78 is 18.0. The summed E-state index contributed by atoms with van der Waals surface area (Å²) in [5, 5.41) is 11.3. The van der Waals surface area contributed by atoms with Crippen molar-refractivity contribution in [2.75, 3.05) is 13.1 Å². The van der Waals surface area contributed by atoms with Gasteiger partial charge in [-0.2, -0.15) is 9.97 Å². The number of rotatable bonds is 6. The highest BCUT2D eigenvalue weighted by molar-refractivity contribution is 9.10. The first-order chi connectivity index (χ1) is 25.7. The fourth-order valence-corrected chi connectivity index (χ4v) is 7.27. The summed E-state index contributed by atoms with van der Waals surface area (Å²) in [4.78, 5) is 48.5. The Hall–Kier alpha value is -3.46. The molecule has 1 amide bonds. The third kappa shape index (κ3) is 12.0. The number of carbonyl (C=O) groups is 3. The molecule has 2 aromatic carbocycles. The Morgan fingerprint density at radius 1 is 0.768 bits per heavy atom. The monoisotopic (exact) mass is 918 g/mol. The number of hydrogen-bond acceptors (Lipinski definition) is 11. The van der Waals surface area contributed by atoms with E-state index in [1.165, 1.54) is 11.1 Å². The van der Waals surface area contributed by atoms with Crippen molar-refractivity contribution in [1.82, 2.24) is 30.5 Å². The predicted molar refractivity (Wildman–Crippen MR) is 222 cm³/mol. The molecule has 56 heavy (non-hydrogen) atoms. The molecule has 12 nitrogen and oxygen atoms in total. The van der Waals surface area contributed by atoms with E-state index in [0.717, 1.165) is 39.6 Å². The number of fused-ring (bicyclic) bond motifs is 2. The van der Waals surface area contributed by atoms with Gasteiger partial charge in [-0.3, -0.25) is 9.59 Å². The highest BCUT2D eigenvalue weighted by Crippen LogP contribution is 2.35. The highest BCUT2D eigenvalue weighted by Gasteiger charge is 2.32. The van der Waals surface area contributed by atoms with Crippen LogP contribution >= 0.6 is 44.3 Å². The quantitative estimate of drug-likeness (QED) is 0.184. The maximum atomic E-state index is 12.9. The van der Waals surface area contributed by atoms with Crippen molar-refractivity contribution < 1.29 is 28.2 Å². The molecule has 0 bridgehead atoms. The van der Waals surface area contributed by atoms with Crippen LogP contribution in [0.15, 0.2) is 54.4 Å². The molecule has 2 aromatic heterocycles. The van der Waals surface area contributed by atoms with E-state index in [0.29, 0.717) is 37.6 Å². The molecule has 4 aromatic rings. The van der Waals surface area contributed by atoms with Gasteiger partial charge >= 0.3 is 6.09 Å². The van der Waals surface area contributed by atoms with Gasteiger partial charge in [0.1, 0.15) is 5.60 Å². The molecule has 15 heteroatoms. The largest absolute Gasteiger partial charge is 0.444 e. The van der Waals surface area contributed by atoms with Gasteiger partial charge in [-0.15, -0.1) is 12.4 Å². The van der Waals surface area contributed by atoms with E-state index in [1.54, 1.807) is 4.90 Å². The van der Waals surface area contributed by atoms with Crippen LogP contribution in [-0.2, 0) is 28.7 Å². The normalized spacial score (nSPS) is 17.2. The molecule has 0 fully saturated rings. The number of Topliss-reactive ketones (excluding diaryl/α,β-unsaturated/α-hetero) is 2. The predicted octanol–water partition coefficient (Wildman–Crippen LogP) is 10.0. The second-order valence-corrected chi connectivity index (χ2v) is 19.2. The zero-order valence-corrected chi connectivity index (χ0v) is 37.6. The van der Waals surface area contributed by atoms with Gasteiger partial charge in [0.2, 0.25) is 11.6 Å². The van der Waals surface area contributed by atoms with Crippen LogP contribution < -0.4 is 5.32 Å². The summed E-state index contributed by atoms with van der Waals surface area (Å²) in [7, 11) is 0. The van der Waals surface area contributed by atoms with Crippen molar-refractivity contribution in [3.05, 3.63) is 91.0 Å². The van der Waals surface area contributed by atoms with Gasteiger partial charge < -0.3 is 24.0 Å². The number of ether oxygens (including phenoxy) is 1. The number of carbonyl (C=O) groups excluding carboxylic acids is 3. The van der Waals surface area contributed by atoms with E-state index in [4.69, 9.17) is 13.8 Å². The van der Waals surface area contributed by atoms with Gasteiger partial charge in [-0.05, 0) is 98.5 Å². The van der Waals surface area contributed by atoms with Gasteiger partial charge in [0.05, 0.1) is 0 Å². The Bertz CT molecular complexity index is 2010. The fourth-order valence-electron chi connectivity index (χ4n) is 6.45. The van der Waals surface area contributed by atoms with E-state index in [9.17, 15) is 14.4 Å². The standard InChI is InChI=1S/C23H30BrN3O4.C18H22BrN3O2.ClH/c1-22(2,3)20-25-19(31-26-20)18(28)12-14-9-10-27(21(29)30-23(4,5)6)13-15-11-16(24)7-8-17(14)15;1-18(2,3)17-21-16(24-22-17)15(23)9-11-6-7-20-10-12-8-13(19)4-5-14(11)12;/h7-8,11,14H,9-10,12-13H2,1-6H3;4-5,8,11,20H,6-7,9-10H2,1-3H3;1H/t14-;11-;/m00./s1. The number of nitrogens with one attached hydrogen (secondary N) is 1.